The topological polar surface area (TPSA) is 64.6 Å². The average molecular weight is 377 g/mol. The monoisotopic (exact) mass is 377 g/mol. The number of rotatable bonds is 4. The minimum atomic E-state index is -0.260. The van der Waals surface area contributed by atoms with Gasteiger partial charge in [0.2, 0.25) is 5.91 Å². The fraction of sp³-hybridized carbons (Fsp3) is 0.304. The lowest BCUT2D eigenvalue weighted by molar-refractivity contribution is -0.122. The Kier molecular flexibility index (Phi) is 4.90. The zero-order valence-electron chi connectivity index (χ0n) is 16.0. The molecule has 0 spiro atoms. The molecule has 28 heavy (non-hydrogen) atoms. The maximum Gasteiger partial charge on any atom is 0.225 e. The van der Waals surface area contributed by atoms with Gasteiger partial charge < -0.3 is 14.8 Å². The van der Waals surface area contributed by atoms with Crippen LogP contribution in [0.3, 0.4) is 0 Å². The van der Waals surface area contributed by atoms with Gasteiger partial charge in [-0.25, -0.2) is 0 Å². The summed E-state index contributed by atoms with van der Waals surface area (Å²) >= 11 is 0. The Bertz CT molecular complexity index is 945. The Morgan fingerprint density at radius 2 is 1.64 bits per heavy atom. The van der Waals surface area contributed by atoms with Crippen LogP contribution in [0.5, 0.6) is 11.5 Å². The van der Waals surface area contributed by atoms with Crippen LogP contribution >= 0.6 is 0 Å². The van der Waals surface area contributed by atoms with E-state index >= 15 is 0 Å². The number of amides is 1. The van der Waals surface area contributed by atoms with Crippen LogP contribution in [0.1, 0.15) is 42.2 Å². The van der Waals surface area contributed by atoms with Crippen molar-refractivity contribution in [1.29, 1.82) is 0 Å². The Labute approximate surface area is 164 Å². The molecule has 2 aromatic carbocycles. The van der Waals surface area contributed by atoms with Gasteiger partial charge in [-0.3, -0.25) is 9.59 Å². The van der Waals surface area contributed by atoms with Crippen molar-refractivity contribution in [2.45, 2.75) is 31.1 Å². The smallest absolute Gasteiger partial charge is 0.225 e. The molecule has 0 saturated heterocycles. The van der Waals surface area contributed by atoms with Crippen molar-refractivity contribution >= 4 is 11.7 Å². The molecule has 0 saturated carbocycles. The number of hydrogen-bond acceptors (Lipinski definition) is 4. The first-order valence-electron chi connectivity index (χ1n) is 9.43. The number of para-hydroxylation sites is 1. The van der Waals surface area contributed by atoms with Gasteiger partial charge in [0.05, 0.1) is 14.2 Å². The standard InChI is InChI=1S/C23H23NO4/c1-27-16-9-7-14(8-10-16)15-11-19-23(20(25)12-15)18(13-22(26)24-19)17-5-3-4-6-21(17)28-2/h3-10,15,18H,11-13H2,1-2H3,(H,24,26)/t15-,18+/m0/s1. The summed E-state index contributed by atoms with van der Waals surface area (Å²) < 4.78 is 10.7. The van der Waals surface area contributed by atoms with Gasteiger partial charge in [0.1, 0.15) is 11.5 Å². The second kappa shape index (κ2) is 7.50. The van der Waals surface area contributed by atoms with E-state index in [1.54, 1.807) is 14.2 Å². The fourth-order valence-electron chi connectivity index (χ4n) is 4.29. The van der Waals surface area contributed by atoms with E-state index in [4.69, 9.17) is 9.47 Å². The van der Waals surface area contributed by atoms with Crippen LogP contribution in [0.15, 0.2) is 59.8 Å². The van der Waals surface area contributed by atoms with E-state index in [-0.39, 0.29) is 29.9 Å². The Morgan fingerprint density at radius 3 is 2.36 bits per heavy atom. The van der Waals surface area contributed by atoms with E-state index in [2.05, 4.69) is 5.32 Å². The lowest BCUT2D eigenvalue weighted by atomic mass is 9.73. The first kappa shape index (κ1) is 18.3. The van der Waals surface area contributed by atoms with E-state index in [0.717, 1.165) is 28.1 Å². The molecule has 2 atom stereocenters. The minimum Gasteiger partial charge on any atom is -0.497 e. The number of carbonyl (C=O) groups is 2. The minimum absolute atomic E-state index is 0.0499. The molecule has 0 fully saturated rings. The molecule has 1 N–H and O–H groups in total. The van der Waals surface area contributed by atoms with Gasteiger partial charge in [-0.05, 0) is 36.1 Å². The second-order valence-electron chi connectivity index (χ2n) is 7.24. The third-order valence-corrected chi connectivity index (χ3v) is 5.64. The maximum absolute atomic E-state index is 13.2. The van der Waals surface area contributed by atoms with E-state index in [0.29, 0.717) is 18.6 Å². The first-order valence-corrected chi connectivity index (χ1v) is 9.43. The highest BCUT2D eigenvalue weighted by Gasteiger charge is 2.39. The summed E-state index contributed by atoms with van der Waals surface area (Å²) in [6.07, 6.45) is 1.34. The number of hydrogen-bond donors (Lipinski definition) is 1. The molecule has 0 radical (unpaired) electrons. The summed E-state index contributed by atoms with van der Waals surface area (Å²) in [5.41, 5.74) is 3.45. The SMILES string of the molecule is COc1ccc([C@@H]2CC(=O)C3=C(C2)NC(=O)C[C@@H]3c2ccccc2OC)cc1. The van der Waals surface area contributed by atoms with E-state index in [9.17, 15) is 9.59 Å². The summed E-state index contributed by atoms with van der Waals surface area (Å²) in [6.45, 7) is 0. The molecular formula is C23H23NO4. The molecule has 4 rings (SSSR count). The van der Waals surface area contributed by atoms with Crippen molar-refractivity contribution < 1.29 is 19.1 Å². The number of benzene rings is 2. The van der Waals surface area contributed by atoms with Gasteiger partial charge in [0.15, 0.2) is 5.78 Å². The lowest BCUT2D eigenvalue weighted by Crippen LogP contribution is -2.38. The predicted molar refractivity (Wildman–Crippen MR) is 105 cm³/mol. The van der Waals surface area contributed by atoms with Gasteiger partial charge in [-0.2, -0.15) is 0 Å². The second-order valence-corrected chi connectivity index (χ2v) is 7.24. The fourth-order valence-corrected chi connectivity index (χ4v) is 4.29. The quantitative estimate of drug-likeness (QED) is 0.882. The number of allylic oxidation sites excluding steroid dienone is 2. The number of nitrogens with one attached hydrogen (secondary N) is 1. The highest BCUT2D eigenvalue weighted by molar-refractivity contribution is 6.02. The van der Waals surface area contributed by atoms with Crippen molar-refractivity contribution in [2.24, 2.45) is 0 Å². The van der Waals surface area contributed by atoms with Crippen LogP contribution < -0.4 is 14.8 Å². The van der Waals surface area contributed by atoms with E-state index < -0.39 is 0 Å². The van der Waals surface area contributed by atoms with Crippen LogP contribution in [0, 0.1) is 0 Å². The molecular weight excluding hydrogens is 354 g/mol. The van der Waals surface area contributed by atoms with Crippen LogP contribution in [0.25, 0.3) is 0 Å². The Balaban J connectivity index is 1.70. The summed E-state index contributed by atoms with van der Waals surface area (Å²) in [4.78, 5) is 25.6. The first-order chi connectivity index (χ1) is 13.6. The number of ketones is 1. The lowest BCUT2D eigenvalue weighted by Gasteiger charge is -2.35. The Hall–Kier alpha value is -3.08. The van der Waals surface area contributed by atoms with Gasteiger partial charge in [0, 0.05) is 35.6 Å². The van der Waals surface area contributed by atoms with Crippen LogP contribution in [0.4, 0.5) is 0 Å². The number of Topliss-reactive ketones (excluding diaryl/α,β-unsaturated/α-hetero) is 1. The largest absolute Gasteiger partial charge is 0.497 e. The van der Waals surface area contributed by atoms with Gasteiger partial charge in [-0.1, -0.05) is 30.3 Å². The van der Waals surface area contributed by atoms with Crippen molar-refractivity contribution in [3.63, 3.8) is 0 Å². The van der Waals surface area contributed by atoms with E-state index in [1.165, 1.54) is 0 Å². The normalized spacial score (nSPS) is 21.8. The number of methoxy groups -OCH3 is 2. The average Bonchev–Trinajstić information content (AvgIpc) is 2.72. The summed E-state index contributed by atoms with van der Waals surface area (Å²) in [5, 5.41) is 2.96. The molecule has 1 aliphatic heterocycles. The van der Waals surface area contributed by atoms with Gasteiger partial charge in [-0.15, -0.1) is 0 Å². The molecule has 1 amide bonds. The summed E-state index contributed by atoms with van der Waals surface area (Å²) in [6, 6.07) is 15.4. The molecule has 144 valence electrons. The third kappa shape index (κ3) is 3.28. The van der Waals surface area contributed by atoms with Crippen LogP contribution in [-0.4, -0.2) is 25.9 Å². The zero-order valence-corrected chi connectivity index (χ0v) is 16.0. The van der Waals surface area contributed by atoms with Crippen LogP contribution in [0.2, 0.25) is 0 Å². The van der Waals surface area contributed by atoms with Crippen molar-refractivity contribution in [2.75, 3.05) is 14.2 Å². The maximum atomic E-state index is 13.2. The highest BCUT2D eigenvalue weighted by atomic mass is 16.5. The number of carbonyl (C=O) groups excluding carboxylic acids is 2. The molecule has 2 aromatic rings. The predicted octanol–water partition coefficient (Wildman–Crippen LogP) is 3.71. The molecule has 5 heteroatoms. The molecule has 1 aliphatic carbocycles. The van der Waals surface area contributed by atoms with Gasteiger partial charge in [0.25, 0.3) is 0 Å². The third-order valence-electron chi connectivity index (χ3n) is 5.64. The van der Waals surface area contributed by atoms with Crippen LogP contribution in [-0.2, 0) is 9.59 Å². The Morgan fingerprint density at radius 1 is 0.893 bits per heavy atom. The number of ether oxygens (including phenoxy) is 2. The molecule has 5 nitrogen and oxygen atoms in total. The molecule has 1 heterocycles. The van der Waals surface area contributed by atoms with Gasteiger partial charge >= 0.3 is 0 Å². The molecule has 2 aliphatic rings. The molecule has 0 aromatic heterocycles. The summed E-state index contributed by atoms with van der Waals surface area (Å²) in [7, 11) is 3.24. The van der Waals surface area contributed by atoms with Crippen molar-refractivity contribution in [3.05, 3.63) is 70.9 Å². The molecule has 0 bridgehead atoms. The summed E-state index contributed by atoms with van der Waals surface area (Å²) in [5.74, 6) is 1.32. The van der Waals surface area contributed by atoms with Crippen molar-refractivity contribution in [1.82, 2.24) is 5.32 Å². The van der Waals surface area contributed by atoms with Crippen molar-refractivity contribution in [3.8, 4) is 11.5 Å². The zero-order chi connectivity index (χ0) is 19.7. The van der Waals surface area contributed by atoms with E-state index in [1.807, 2.05) is 48.5 Å². The highest BCUT2D eigenvalue weighted by Crippen LogP contribution is 2.44. The molecule has 0 unspecified atom stereocenters.